The van der Waals surface area contributed by atoms with E-state index in [2.05, 4.69) is 31.2 Å². The van der Waals surface area contributed by atoms with Crippen molar-refractivity contribution in [2.75, 3.05) is 17.6 Å². The molecule has 19 heavy (non-hydrogen) atoms. The Labute approximate surface area is 116 Å². The number of nitrogen functional groups attached to an aromatic ring is 1. The minimum Gasteiger partial charge on any atom is -0.394 e. The van der Waals surface area contributed by atoms with Crippen LogP contribution >= 0.6 is 0 Å². The molecule has 0 aliphatic rings. The summed E-state index contributed by atoms with van der Waals surface area (Å²) in [5.41, 5.74) is 7.73. The molecule has 0 saturated carbocycles. The van der Waals surface area contributed by atoms with Crippen LogP contribution in [-0.2, 0) is 13.5 Å². The molecule has 0 aromatic carbocycles. The maximum absolute atomic E-state index is 10.1. The van der Waals surface area contributed by atoms with Gasteiger partial charge < -0.3 is 16.2 Å². The van der Waals surface area contributed by atoms with Gasteiger partial charge in [-0.25, -0.2) is 0 Å². The molecule has 5 heteroatoms. The normalized spacial score (nSPS) is 12.9. The first-order valence-corrected chi connectivity index (χ1v) is 7.28. The largest absolute Gasteiger partial charge is 0.394 e. The Morgan fingerprint density at radius 1 is 1.32 bits per heavy atom. The van der Waals surface area contributed by atoms with E-state index in [0.29, 0.717) is 18.2 Å². The molecular formula is C14H28N4O. The van der Waals surface area contributed by atoms with Crippen LogP contribution in [-0.4, -0.2) is 27.5 Å². The first kappa shape index (κ1) is 15.8. The van der Waals surface area contributed by atoms with Gasteiger partial charge in [-0.05, 0) is 12.3 Å². The smallest absolute Gasteiger partial charge is 0.147 e. The lowest BCUT2D eigenvalue weighted by Crippen LogP contribution is -2.28. The number of aromatic nitrogens is 2. The fourth-order valence-corrected chi connectivity index (χ4v) is 2.43. The Balaban J connectivity index is 2.67. The molecule has 1 unspecified atom stereocenters. The first-order chi connectivity index (χ1) is 9.04. The van der Waals surface area contributed by atoms with Crippen LogP contribution in [0.15, 0.2) is 0 Å². The minimum atomic E-state index is -0.348. The zero-order chi connectivity index (χ0) is 14.4. The summed E-state index contributed by atoms with van der Waals surface area (Å²) in [6.07, 6.45) is 3.54. The van der Waals surface area contributed by atoms with Crippen molar-refractivity contribution in [2.45, 2.75) is 52.6 Å². The highest BCUT2D eigenvalue weighted by Crippen LogP contribution is 2.23. The predicted molar refractivity (Wildman–Crippen MR) is 80.2 cm³/mol. The molecule has 1 aromatic rings. The van der Waals surface area contributed by atoms with Crippen LogP contribution < -0.4 is 11.1 Å². The van der Waals surface area contributed by atoms with E-state index in [4.69, 9.17) is 5.73 Å². The summed E-state index contributed by atoms with van der Waals surface area (Å²) in [5, 5.41) is 17.8. The van der Waals surface area contributed by atoms with Gasteiger partial charge in [-0.3, -0.25) is 4.68 Å². The quantitative estimate of drug-likeness (QED) is 0.675. The monoisotopic (exact) mass is 268 g/mol. The fraction of sp³-hybridized carbons (Fsp3) is 0.786. The summed E-state index contributed by atoms with van der Waals surface area (Å²) in [5.74, 6) is 1.14. The van der Waals surface area contributed by atoms with E-state index in [9.17, 15) is 5.11 Å². The fourth-order valence-electron chi connectivity index (χ4n) is 2.43. The topological polar surface area (TPSA) is 76.1 Å². The van der Waals surface area contributed by atoms with Crippen molar-refractivity contribution in [1.29, 1.82) is 0 Å². The van der Waals surface area contributed by atoms with Crippen LogP contribution in [0.25, 0.3) is 0 Å². The minimum absolute atomic E-state index is 0.331. The Bertz CT molecular complexity index is 385. The van der Waals surface area contributed by atoms with Gasteiger partial charge >= 0.3 is 0 Å². The third-order valence-corrected chi connectivity index (χ3v) is 3.72. The SMILES string of the molecule is CCCc1nn(C)c(NCC(O)C(CC)CC)c1N. The number of hydrogen-bond acceptors (Lipinski definition) is 4. The van der Waals surface area contributed by atoms with Gasteiger partial charge in [0, 0.05) is 13.6 Å². The molecule has 0 fully saturated rings. The molecule has 1 heterocycles. The first-order valence-electron chi connectivity index (χ1n) is 7.28. The number of anilines is 2. The maximum atomic E-state index is 10.1. The summed E-state index contributed by atoms with van der Waals surface area (Å²) >= 11 is 0. The second-order valence-electron chi connectivity index (χ2n) is 5.11. The van der Waals surface area contributed by atoms with E-state index in [1.807, 2.05) is 7.05 Å². The molecule has 1 atom stereocenters. The lowest BCUT2D eigenvalue weighted by Gasteiger charge is -2.21. The van der Waals surface area contributed by atoms with E-state index >= 15 is 0 Å². The summed E-state index contributed by atoms with van der Waals surface area (Å²) in [7, 11) is 1.88. The van der Waals surface area contributed by atoms with E-state index in [-0.39, 0.29) is 6.10 Å². The number of nitrogens with zero attached hydrogens (tertiary/aromatic N) is 2. The lowest BCUT2D eigenvalue weighted by molar-refractivity contribution is 0.114. The van der Waals surface area contributed by atoms with Gasteiger partial charge in [-0.15, -0.1) is 0 Å². The highest BCUT2D eigenvalue weighted by Gasteiger charge is 2.17. The third-order valence-electron chi connectivity index (χ3n) is 3.72. The van der Waals surface area contributed by atoms with Crippen molar-refractivity contribution >= 4 is 11.5 Å². The molecule has 0 saturated heterocycles. The van der Waals surface area contributed by atoms with Crippen LogP contribution in [0.5, 0.6) is 0 Å². The molecule has 0 amide bonds. The molecule has 5 nitrogen and oxygen atoms in total. The average Bonchev–Trinajstić information content (AvgIpc) is 2.64. The zero-order valence-electron chi connectivity index (χ0n) is 12.6. The Morgan fingerprint density at radius 2 is 1.95 bits per heavy atom. The Morgan fingerprint density at radius 3 is 2.47 bits per heavy atom. The summed E-state index contributed by atoms with van der Waals surface area (Å²) in [6.45, 7) is 6.84. The standard InChI is InChI=1S/C14H28N4O/c1-5-8-11-13(15)14(18(4)17-11)16-9-12(19)10(6-2)7-3/h10,12,16,19H,5-9,15H2,1-4H3. The highest BCUT2D eigenvalue weighted by molar-refractivity contribution is 5.65. The molecular weight excluding hydrogens is 240 g/mol. The maximum Gasteiger partial charge on any atom is 0.147 e. The highest BCUT2D eigenvalue weighted by atomic mass is 16.3. The molecule has 1 aromatic heterocycles. The van der Waals surface area contributed by atoms with Gasteiger partial charge in [-0.1, -0.05) is 40.0 Å². The van der Waals surface area contributed by atoms with Crippen LogP contribution in [0.4, 0.5) is 11.5 Å². The van der Waals surface area contributed by atoms with Crippen molar-refractivity contribution in [2.24, 2.45) is 13.0 Å². The molecule has 0 spiro atoms. The van der Waals surface area contributed by atoms with Crippen molar-refractivity contribution in [3.8, 4) is 0 Å². The average molecular weight is 268 g/mol. The van der Waals surface area contributed by atoms with Crippen molar-refractivity contribution in [3.63, 3.8) is 0 Å². The number of aryl methyl sites for hydroxylation is 2. The van der Waals surface area contributed by atoms with E-state index in [1.54, 1.807) is 4.68 Å². The number of aliphatic hydroxyl groups excluding tert-OH is 1. The van der Waals surface area contributed by atoms with Crippen LogP contribution in [0.2, 0.25) is 0 Å². The van der Waals surface area contributed by atoms with Crippen LogP contribution in [0.3, 0.4) is 0 Å². The third kappa shape index (κ3) is 3.86. The van der Waals surface area contributed by atoms with Crippen LogP contribution in [0, 0.1) is 5.92 Å². The van der Waals surface area contributed by atoms with E-state index in [0.717, 1.165) is 37.2 Å². The second kappa shape index (κ2) is 7.38. The van der Waals surface area contributed by atoms with Gasteiger partial charge in [0.25, 0.3) is 0 Å². The van der Waals surface area contributed by atoms with Gasteiger partial charge in [0.1, 0.15) is 5.82 Å². The van der Waals surface area contributed by atoms with Gasteiger partial charge in [0.05, 0.1) is 17.5 Å². The number of nitrogens with two attached hydrogens (primary N) is 1. The molecule has 4 N–H and O–H groups in total. The molecule has 0 radical (unpaired) electrons. The number of aliphatic hydroxyl groups is 1. The summed E-state index contributed by atoms with van der Waals surface area (Å²) in [4.78, 5) is 0. The van der Waals surface area contributed by atoms with Crippen molar-refractivity contribution in [3.05, 3.63) is 5.69 Å². The predicted octanol–water partition coefficient (Wildman–Crippen LogP) is 2.16. The van der Waals surface area contributed by atoms with Crippen molar-refractivity contribution in [1.82, 2.24) is 9.78 Å². The molecule has 110 valence electrons. The number of rotatable bonds is 8. The Kier molecular flexibility index (Phi) is 6.15. The molecule has 0 aliphatic heterocycles. The molecule has 0 bridgehead atoms. The summed E-state index contributed by atoms with van der Waals surface area (Å²) in [6, 6.07) is 0. The van der Waals surface area contributed by atoms with Crippen molar-refractivity contribution < 1.29 is 5.11 Å². The van der Waals surface area contributed by atoms with Crippen LogP contribution in [0.1, 0.15) is 45.7 Å². The lowest BCUT2D eigenvalue weighted by atomic mass is 9.96. The second-order valence-corrected chi connectivity index (χ2v) is 5.11. The van der Waals surface area contributed by atoms with Gasteiger partial charge in [-0.2, -0.15) is 5.10 Å². The zero-order valence-corrected chi connectivity index (χ0v) is 12.6. The molecule has 1 rings (SSSR count). The van der Waals surface area contributed by atoms with E-state index < -0.39 is 0 Å². The van der Waals surface area contributed by atoms with Gasteiger partial charge in [0.2, 0.25) is 0 Å². The van der Waals surface area contributed by atoms with E-state index in [1.165, 1.54) is 0 Å². The number of hydrogen-bond donors (Lipinski definition) is 3. The Hall–Kier alpha value is -1.23. The summed E-state index contributed by atoms with van der Waals surface area (Å²) < 4.78 is 1.76. The number of nitrogens with one attached hydrogen (secondary N) is 1. The molecule has 0 aliphatic carbocycles. The van der Waals surface area contributed by atoms with Gasteiger partial charge in [0.15, 0.2) is 0 Å².